The Bertz CT molecular complexity index is 3130. The fourth-order valence-corrected chi connectivity index (χ4v) is 9.60. The average Bonchev–Trinajstić information content (AvgIpc) is 3.79. The smallest absolute Gasteiger partial charge is 0.137 e. The number of anilines is 3. The van der Waals surface area contributed by atoms with E-state index in [-0.39, 0.29) is 0 Å². The largest absolute Gasteiger partial charge is 0.457 e. The van der Waals surface area contributed by atoms with Crippen molar-refractivity contribution in [2.45, 2.75) is 5.41 Å². The van der Waals surface area contributed by atoms with E-state index in [2.05, 4.69) is 199 Å². The van der Waals surface area contributed by atoms with Crippen molar-refractivity contribution in [3.05, 3.63) is 222 Å². The van der Waals surface area contributed by atoms with E-state index in [4.69, 9.17) is 9.15 Å². The van der Waals surface area contributed by atoms with Gasteiger partial charge in [0.2, 0.25) is 0 Å². The van der Waals surface area contributed by atoms with Gasteiger partial charge in [0.05, 0.1) is 16.5 Å². The van der Waals surface area contributed by atoms with Crippen LogP contribution in [0.25, 0.3) is 55.0 Å². The Labute approximate surface area is 324 Å². The van der Waals surface area contributed by atoms with Gasteiger partial charge in [0.1, 0.15) is 22.7 Å². The summed E-state index contributed by atoms with van der Waals surface area (Å²) in [5, 5.41) is 4.65. The number of para-hydroxylation sites is 3. The SMILES string of the molecule is c1ccc(-c2ccc(N(c3ccc4c(c3)C3(c5ccccc5Oc5ccccc53)c3ccc5ccccc5c3-4)c3cccc4oc5ccccc5c34)cc2)cc1. The first kappa shape index (κ1) is 31.0. The lowest BCUT2D eigenvalue weighted by molar-refractivity contribution is 0.436. The summed E-state index contributed by atoms with van der Waals surface area (Å²) in [6.07, 6.45) is 0. The number of fused-ring (bicyclic) bond motifs is 14. The summed E-state index contributed by atoms with van der Waals surface area (Å²) in [7, 11) is 0. The number of ether oxygens (including phenoxy) is 1. The van der Waals surface area contributed by atoms with Crippen LogP contribution in [0, 0.1) is 0 Å². The maximum atomic E-state index is 6.71. The maximum absolute atomic E-state index is 6.71. The van der Waals surface area contributed by atoms with Crippen molar-refractivity contribution in [3.63, 3.8) is 0 Å². The van der Waals surface area contributed by atoms with Gasteiger partial charge in [-0.25, -0.2) is 0 Å². The van der Waals surface area contributed by atoms with Crippen LogP contribution in [-0.4, -0.2) is 0 Å². The highest BCUT2D eigenvalue weighted by Gasteiger charge is 2.51. The molecule has 1 aliphatic carbocycles. The third kappa shape index (κ3) is 4.28. The normalized spacial score (nSPS) is 13.3. The Morgan fingerprint density at radius 3 is 1.86 bits per heavy atom. The molecule has 0 N–H and O–H groups in total. The molecule has 56 heavy (non-hydrogen) atoms. The molecule has 0 atom stereocenters. The Morgan fingerprint density at radius 2 is 1.05 bits per heavy atom. The summed E-state index contributed by atoms with van der Waals surface area (Å²) < 4.78 is 13.2. The Balaban J connectivity index is 1.17. The highest BCUT2D eigenvalue weighted by molar-refractivity contribution is 6.13. The lowest BCUT2D eigenvalue weighted by Crippen LogP contribution is -2.32. The van der Waals surface area contributed by atoms with E-state index < -0.39 is 5.41 Å². The summed E-state index contributed by atoms with van der Waals surface area (Å²) in [6.45, 7) is 0. The molecule has 0 fully saturated rings. The van der Waals surface area contributed by atoms with Gasteiger partial charge in [-0.1, -0.05) is 146 Å². The minimum Gasteiger partial charge on any atom is -0.457 e. The molecule has 0 unspecified atom stereocenters. The molecule has 2 heterocycles. The third-order valence-corrected chi connectivity index (χ3v) is 11.9. The van der Waals surface area contributed by atoms with Crippen molar-refractivity contribution in [3.8, 4) is 33.8 Å². The number of benzene rings is 9. The monoisotopic (exact) mass is 715 g/mol. The zero-order valence-electron chi connectivity index (χ0n) is 30.3. The Kier molecular flexibility index (Phi) is 6.55. The molecular weight excluding hydrogens is 683 g/mol. The third-order valence-electron chi connectivity index (χ3n) is 11.9. The Hall–Kier alpha value is -7.36. The minimum atomic E-state index is -0.618. The molecule has 12 rings (SSSR count). The number of nitrogens with zero attached hydrogens (tertiary/aromatic N) is 1. The van der Waals surface area contributed by atoms with Crippen molar-refractivity contribution >= 4 is 49.8 Å². The minimum absolute atomic E-state index is 0.618. The first-order valence-corrected chi connectivity index (χ1v) is 19.2. The van der Waals surface area contributed by atoms with Crippen LogP contribution in [0.2, 0.25) is 0 Å². The fourth-order valence-electron chi connectivity index (χ4n) is 9.60. The molecule has 9 aromatic carbocycles. The van der Waals surface area contributed by atoms with E-state index in [9.17, 15) is 0 Å². The number of rotatable bonds is 4. The standard InChI is InChI=1S/C53H33NO2/c1-2-13-34(14-3-1)35-25-28-37(29-26-35)54(46-20-12-24-50-52(46)41-17-6-9-21-47(41)55-50)38-30-31-40-45(33-38)53(44-32-27-36-15-4-5-16-39(36)51(40)44)42-18-7-10-22-48(42)56-49-23-11-8-19-43(49)53/h1-33H. The van der Waals surface area contributed by atoms with Crippen molar-refractivity contribution in [2.75, 3.05) is 4.90 Å². The van der Waals surface area contributed by atoms with Crippen molar-refractivity contribution in [1.82, 2.24) is 0 Å². The van der Waals surface area contributed by atoms with Gasteiger partial charge < -0.3 is 14.1 Å². The molecular formula is C53H33NO2. The highest BCUT2D eigenvalue weighted by Crippen LogP contribution is 2.63. The average molecular weight is 716 g/mol. The van der Waals surface area contributed by atoms with Crippen molar-refractivity contribution in [2.24, 2.45) is 0 Å². The second-order valence-electron chi connectivity index (χ2n) is 14.8. The maximum Gasteiger partial charge on any atom is 0.137 e. The predicted octanol–water partition coefficient (Wildman–Crippen LogP) is 14.3. The zero-order valence-corrected chi connectivity index (χ0v) is 30.3. The molecule has 0 radical (unpaired) electrons. The summed E-state index contributed by atoms with van der Waals surface area (Å²) in [4.78, 5) is 2.41. The van der Waals surface area contributed by atoms with Crippen molar-refractivity contribution in [1.29, 1.82) is 0 Å². The summed E-state index contributed by atoms with van der Waals surface area (Å²) in [5.41, 5.74) is 14.0. The molecule has 0 saturated carbocycles. The molecule has 10 aromatic rings. The molecule has 2 aliphatic rings. The lowest BCUT2D eigenvalue weighted by atomic mass is 9.66. The highest BCUT2D eigenvalue weighted by atomic mass is 16.5. The second-order valence-corrected chi connectivity index (χ2v) is 14.8. The van der Waals surface area contributed by atoms with E-state index in [1.165, 1.54) is 44.2 Å². The van der Waals surface area contributed by atoms with Crippen LogP contribution in [-0.2, 0) is 5.41 Å². The summed E-state index contributed by atoms with van der Waals surface area (Å²) in [6, 6.07) is 71.9. The van der Waals surface area contributed by atoms with Gasteiger partial charge in [-0.3, -0.25) is 0 Å². The Morgan fingerprint density at radius 1 is 0.411 bits per heavy atom. The molecule has 1 aromatic heterocycles. The van der Waals surface area contributed by atoms with E-state index in [1.54, 1.807) is 0 Å². The quantitative estimate of drug-likeness (QED) is 0.181. The molecule has 262 valence electrons. The second kappa shape index (κ2) is 11.8. The van der Waals surface area contributed by atoms with Crippen LogP contribution < -0.4 is 9.64 Å². The van der Waals surface area contributed by atoms with Crippen LogP contribution in [0.15, 0.2) is 205 Å². The summed E-state index contributed by atoms with van der Waals surface area (Å²) >= 11 is 0. The summed E-state index contributed by atoms with van der Waals surface area (Å²) in [5.74, 6) is 1.76. The number of furan rings is 1. The lowest BCUT2D eigenvalue weighted by Gasteiger charge is -2.39. The van der Waals surface area contributed by atoms with Crippen LogP contribution in [0.3, 0.4) is 0 Å². The fraction of sp³-hybridized carbons (Fsp3) is 0.0189. The first-order chi connectivity index (χ1) is 27.8. The topological polar surface area (TPSA) is 25.6 Å². The molecule has 3 heteroatoms. The molecule has 1 aliphatic heterocycles. The van der Waals surface area contributed by atoms with Gasteiger partial charge in [0.25, 0.3) is 0 Å². The van der Waals surface area contributed by atoms with Crippen LogP contribution in [0.1, 0.15) is 22.3 Å². The van der Waals surface area contributed by atoms with Gasteiger partial charge in [-0.15, -0.1) is 0 Å². The van der Waals surface area contributed by atoms with Crippen LogP contribution in [0.5, 0.6) is 11.5 Å². The van der Waals surface area contributed by atoms with Gasteiger partial charge in [-0.05, 0) is 98.8 Å². The van der Waals surface area contributed by atoms with E-state index in [0.29, 0.717) is 0 Å². The molecule has 0 bridgehead atoms. The van der Waals surface area contributed by atoms with Gasteiger partial charge in [0, 0.05) is 27.9 Å². The van der Waals surface area contributed by atoms with E-state index in [1.807, 2.05) is 6.07 Å². The van der Waals surface area contributed by atoms with Gasteiger partial charge >= 0.3 is 0 Å². The molecule has 3 nitrogen and oxygen atoms in total. The van der Waals surface area contributed by atoms with Gasteiger partial charge in [-0.2, -0.15) is 0 Å². The van der Waals surface area contributed by atoms with Crippen LogP contribution >= 0.6 is 0 Å². The number of hydrogen-bond donors (Lipinski definition) is 0. The molecule has 0 amide bonds. The molecule has 0 saturated heterocycles. The zero-order chi connectivity index (χ0) is 36.8. The van der Waals surface area contributed by atoms with Crippen molar-refractivity contribution < 1.29 is 9.15 Å². The molecule has 1 spiro atoms. The first-order valence-electron chi connectivity index (χ1n) is 19.2. The van der Waals surface area contributed by atoms with E-state index in [0.717, 1.165) is 61.6 Å². The van der Waals surface area contributed by atoms with Gasteiger partial charge in [0.15, 0.2) is 0 Å². The number of hydrogen-bond acceptors (Lipinski definition) is 3. The predicted molar refractivity (Wildman–Crippen MR) is 229 cm³/mol. The van der Waals surface area contributed by atoms with E-state index >= 15 is 0 Å². The van der Waals surface area contributed by atoms with Crippen LogP contribution in [0.4, 0.5) is 17.1 Å².